The average Bonchev–Trinajstić information content (AvgIpc) is 2.58. The van der Waals surface area contributed by atoms with Gasteiger partial charge in [0.1, 0.15) is 0 Å². The summed E-state index contributed by atoms with van der Waals surface area (Å²) in [6.45, 7) is 27.3. The molecule has 1 heterocycles. The summed E-state index contributed by atoms with van der Waals surface area (Å²) >= 11 is 0. The van der Waals surface area contributed by atoms with Gasteiger partial charge in [-0.2, -0.15) is 0 Å². The van der Waals surface area contributed by atoms with Crippen LogP contribution in [0.5, 0.6) is 0 Å². The third-order valence-corrected chi connectivity index (χ3v) is 16.0. The second-order valence-electron chi connectivity index (χ2n) is 11.3. The Hall–Kier alpha value is -0.256. The van der Waals surface area contributed by atoms with E-state index >= 15 is 0 Å². The maximum atomic E-state index is 13.1. The molecule has 0 spiro atoms. The Bertz CT molecular complexity index is 490. The summed E-state index contributed by atoms with van der Waals surface area (Å²) in [7, 11) is -3.64. The summed E-state index contributed by atoms with van der Waals surface area (Å²) in [5.74, 6) is 0.148. The first-order valence-electron chi connectivity index (χ1n) is 11.1. The summed E-state index contributed by atoms with van der Waals surface area (Å²) < 4.78 is 12.7. The molecule has 0 saturated carbocycles. The first-order chi connectivity index (χ1) is 13.1. The van der Waals surface area contributed by atoms with Gasteiger partial charge in [-0.1, -0.05) is 41.5 Å². The monoisotopic (exact) mass is 445 g/mol. The Kier molecular flexibility index (Phi) is 9.58. The molecule has 1 amide bonds. The quantitative estimate of drug-likeness (QED) is 0.533. The predicted molar refractivity (Wildman–Crippen MR) is 128 cm³/mol. The van der Waals surface area contributed by atoms with Gasteiger partial charge in [0, 0.05) is 32.7 Å². The molecule has 0 aliphatic carbocycles. The van der Waals surface area contributed by atoms with E-state index in [9.17, 15) is 4.79 Å². The second kappa shape index (κ2) is 10.4. The lowest BCUT2D eigenvalue weighted by molar-refractivity contribution is -0.134. The number of nitrogens with one attached hydrogen (secondary N) is 2. The fraction of sp³-hybridized carbons (Fsp3) is 0.952. The maximum absolute atomic E-state index is 13.1. The van der Waals surface area contributed by atoms with E-state index in [0.717, 1.165) is 13.1 Å². The molecular formula is C21H47N3O3Si2. The third kappa shape index (κ3) is 8.07. The third-order valence-electron chi connectivity index (χ3n) is 6.91. The van der Waals surface area contributed by atoms with Crippen LogP contribution < -0.4 is 10.6 Å². The highest BCUT2D eigenvalue weighted by Gasteiger charge is 2.38. The molecule has 172 valence electrons. The number of amides is 1. The lowest BCUT2D eigenvalue weighted by atomic mass is 10.2. The van der Waals surface area contributed by atoms with Crippen LogP contribution in [-0.2, 0) is 13.6 Å². The van der Waals surface area contributed by atoms with Crippen LogP contribution >= 0.6 is 0 Å². The number of hydrogen-bond acceptors (Lipinski definition) is 5. The molecule has 29 heavy (non-hydrogen) atoms. The average molecular weight is 446 g/mol. The summed E-state index contributed by atoms with van der Waals surface area (Å²) in [4.78, 5) is 15.1. The normalized spacial score (nSPS) is 19.3. The minimum Gasteiger partial charge on any atom is -0.415 e. The minimum absolute atomic E-state index is 0.148. The van der Waals surface area contributed by atoms with E-state index in [2.05, 4.69) is 78.4 Å². The minimum atomic E-state index is -1.82. The zero-order chi connectivity index (χ0) is 22.5. The largest absolute Gasteiger partial charge is 0.415 e. The summed E-state index contributed by atoms with van der Waals surface area (Å²) in [6.07, 6.45) is 0. The molecule has 0 unspecified atom stereocenters. The smallest absolute Gasteiger partial charge is 0.241 e. The Labute approximate surface area is 181 Å². The topological polar surface area (TPSA) is 62.8 Å². The first-order valence-corrected chi connectivity index (χ1v) is 16.9. The molecule has 1 fully saturated rings. The number of rotatable bonds is 9. The summed E-state index contributed by atoms with van der Waals surface area (Å²) in [5, 5.41) is 6.99. The Morgan fingerprint density at radius 1 is 0.897 bits per heavy atom. The Balaban J connectivity index is 2.72. The van der Waals surface area contributed by atoms with E-state index in [4.69, 9.17) is 8.85 Å². The molecule has 0 radical (unpaired) electrons. The van der Waals surface area contributed by atoms with Gasteiger partial charge in [-0.3, -0.25) is 4.79 Å². The zero-order valence-electron chi connectivity index (χ0n) is 20.7. The maximum Gasteiger partial charge on any atom is 0.241 e. The lowest BCUT2D eigenvalue weighted by Gasteiger charge is -2.38. The van der Waals surface area contributed by atoms with Gasteiger partial charge >= 0.3 is 0 Å². The molecular weight excluding hydrogens is 398 g/mol. The van der Waals surface area contributed by atoms with Crippen LogP contribution in [0.25, 0.3) is 0 Å². The van der Waals surface area contributed by atoms with Gasteiger partial charge in [0.15, 0.2) is 16.6 Å². The first kappa shape index (κ1) is 26.8. The van der Waals surface area contributed by atoms with E-state index in [0.29, 0.717) is 32.8 Å². The van der Waals surface area contributed by atoms with Crippen molar-refractivity contribution in [3.05, 3.63) is 0 Å². The number of piperazine rings is 1. The van der Waals surface area contributed by atoms with Crippen LogP contribution in [0.3, 0.4) is 0 Å². The van der Waals surface area contributed by atoms with Crippen LogP contribution in [0.2, 0.25) is 36.3 Å². The molecule has 0 bridgehead atoms. The standard InChI is InChI=1S/C21H47N3O3Si2/c1-20(2,3)28(7,8)26-15-13-24(19(25)18-17-22-11-12-23-18)14-16-27-29(9,10)21(4,5)6/h18,22-23H,11-17H2,1-10H3/t18-/m1/s1. The fourth-order valence-corrected chi connectivity index (χ4v) is 4.70. The molecule has 1 rings (SSSR count). The van der Waals surface area contributed by atoms with Crippen molar-refractivity contribution in [1.82, 2.24) is 15.5 Å². The van der Waals surface area contributed by atoms with E-state index in [1.165, 1.54) is 0 Å². The van der Waals surface area contributed by atoms with Gasteiger partial charge in [0.25, 0.3) is 0 Å². The summed E-state index contributed by atoms with van der Waals surface area (Å²) in [6, 6.07) is -0.163. The van der Waals surface area contributed by atoms with Crippen LogP contribution in [-0.4, -0.2) is 79.4 Å². The molecule has 8 heteroatoms. The highest BCUT2D eigenvalue weighted by Crippen LogP contribution is 2.37. The van der Waals surface area contributed by atoms with E-state index in [1.807, 2.05) is 4.90 Å². The lowest BCUT2D eigenvalue weighted by Crippen LogP contribution is -2.57. The Morgan fingerprint density at radius 2 is 1.34 bits per heavy atom. The van der Waals surface area contributed by atoms with Gasteiger partial charge in [-0.15, -0.1) is 0 Å². The highest BCUT2D eigenvalue weighted by molar-refractivity contribution is 6.74. The molecule has 6 nitrogen and oxygen atoms in total. The van der Waals surface area contributed by atoms with Gasteiger partial charge in [0.2, 0.25) is 5.91 Å². The number of carbonyl (C=O) groups is 1. The SMILES string of the molecule is CC(C)(C)[Si](C)(C)OCCN(CCO[Si](C)(C)C(C)(C)C)C(=O)[C@H]1CNCCN1. The van der Waals surface area contributed by atoms with Crippen molar-refractivity contribution in [2.24, 2.45) is 0 Å². The summed E-state index contributed by atoms with van der Waals surface area (Å²) in [5.41, 5.74) is 0. The highest BCUT2D eigenvalue weighted by atomic mass is 28.4. The van der Waals surface area contributed by atoms with Crippen molar-refractivity contribution in [1.29, 1.82) is 0 Å². The van der Waals surface area contributed by atoms with Crippen molar-refractivity contribution >= 4 is 22.5 Å². The van der Waals surface area contributed by atoms with Crippen molar-refractivity contribution < 1.29 is 13.6 Å². The van der Waals surface area contributed by atoms with Crippen LogP contribution in [0.1, 0.15) is 41.5 Å². The number of nitrogens with zero attached hydrogens (tertiary/aromatic N) is 1. The van der Waals surface area contributed by atoms with Gasteiger partial charge in [-0.05, 0) is 36.3 Å². The van der Waals surface area contributed by atoms with Crippen molar-refractivity contribution in [3.8, 4) is 0 Å². The predicted octanol–water partition coefficient (Wildman–Crippen LogP) is 3.42. The number of hydrogen-bond donors (Lipinski definition) is 2. The van der Waals surface area contributed by atoms with Gasteiger partial charge in [-0.25, -0.2) is 0 Å². The van der Waals surface area contributed by atoms with Crippen molar-refractivity contribution in [3.63, 3.8) is 0 Å². The zero-order valence-corrected chi connectivity index (χ0v) is 22.7. The Morgan fingerprint density at radius 3 is 1.69 bits per heavy atom. The second-order valence-corrected chi connectivity index (χ2v) is 20.9. The molecule has 0 aromatic heterocycles. The fourth-order valence-electron chi connectivity index (χ4n) is 2.64. The van der Waals surface area contributed by atoms with E-state index in [1.54, 1.807) is 0 Å². The van der Waals surface area contributed by atoms with Crippen LogP contribution in [0, 0.1) is 0 Å². The molecule has 1 saturated heterocycles. The molecule has 1 aliphatic heterocycles. The molecule has 1 atom stereocenters. The van der Waals surface area contributed by atoms with Crippen molar-refractivity contribution in [2.75, 3.05) is 45.9 Å². The molecule has 0 aromatic rings. The molecule has 1 aliphatic rings. The van der Waals surface area contributed by atoms with E-state index < -0.39 is 16.6 Å². The molecule has 2 N–H and O–H groups in total. The molecule has 0 aromatic carbocycles. The van der Waals surface area contributed by atoms with Gasteiger partial charge in [0.05, 0.1) is 19.3 Å². The van der Waals surface area contributed by atoms with E-state index in [-0.39, 0.29) is 22.0 Å². The van der Waals surface area contributed by atoms with Crippen LogP contribution in [0.4, 0.5) is 0 Å². The van der Waals surface area contributed by atoms with Crippen molar-refractivity contribution in [2.45, 2.75) is 83.8 Å². The number of carbonyl (C=O) groups excluding carboxylic acids is 1. The van der Waals surface area contributed by atoms with Crippen LogP contribution in [0.15, 0.2) is 0 Å². The van der Waals surface area contributed by atoms with Gasteiger partial charge < -0.3 is 24.4 Å².